The fourth-order valence-electron chi connectivity index (χ4n) is 0.990. The van der Waals surface area contributed by atoms with Crippen LogP contribution < -0.4 is 0 Å². The molecule has 10 heteroatoms. The standard InChI is InChI=1S/C7H7NO6S.Na.H2O.H/c9-8(10)7-3-1-2-6(4-7)5-15(12,13)14-11;;;/h1-4,11H,5H2;;1H2;. The van der Waals surface area contributed by atoms with Crippen LogP contribution in [0.1, 0.15) is 5.56 Å². The number of rotatable bonds is 4. The first kappa shape index (κ1) is 18.8. The summed E-state index contributed by atoms with van der Waals surface area (Å²) in [5, 5.41) is 18.4. The van der Waals surface area contributed by atoms with Crippen molar-refractivity contribution in [1.29, 1.82) is 0 Å². The molecular formula is C7H10NNaO7S. The van der Waals surface area contributed by atoms with Crippen LogP contribution in [0, 0.1) is 10.1 Å². The van der Waals surface area contributed by atoms with Crippen LogP contribution in [-0.4, -0.2) is 53.6 Å². The Labute approximate surface area is 119 Å². The molecule has 0 amide bonds. The number of nitrogens with zero attached hydrogens (tertiary/aromatic N) is 1. The maximum atomic E-state index is 10.8. The van der Waals surface area contributed by atoms with Gasteiger partial charge in [0.25, 0.3) is 15.8 Å². The van der Waals surface area contributed by atoms with Crippen molar-refractivity contribution in [3.8, 4) is 0 Å². The topological polar surface area (TPSA) is 138 Å². The molecule has 0 spiro atoms. The van der Waals surface area contributed by atoms with Gasteiger partial charge in [0.2, 0.25) is 0 Å². The molecule has 1 aromatic rings. The Morgan fingerprint density at radius 3 is 2.47 bits per heavy atom. The third-order valence-corrected chi connectivity index (χ3v) is 2.49. The van der Waals surface area contributed by atoms with Crippen LogP contribution >= 0.6 is 0 Å². The minimum atomic E-state index is -4.08. The van der Waals surface area contributed by atoms with Crippen LogP contribution in [0.4, 0.5) is 5.69 Å². The molecule has 0 fully saturated rings. The van der Waals surface area contributed by atoms with Crippen LogP contribution in [0.3, 0.4) is 0 Å². The summed E-state index contributed by atoms with van der Waals surface area (Å²) in [4.78, 5) is 9.72. The summed E-state index contributed by atoms with van der Waals surface area (Å²) < 4.78 is 24.9. The van der Waals surface area contributed by atoms with Gasteiger partial charge in [-0.25, -0.2) is 5.26 Å². The van der Waals surface area contributed by atoms with Gasteiger partial charge in [0.1, 0.15) is 5.75 Å². The predicted molar refractivity (Wildman–Crippen MR) is 60.2 cm³/mol. The molecule has 0 aliphatic carbocycles. The average molecular weight is 275 g/mol. The first-order valence-corrected chi connectivity index (χ1v) is 5.31. The van der Waals surface area contributed by atoms with Gasteiger partial charge in [0.05, 0.1) is 4.92 Å². The summed E-state index contributed by atoms with van der Waals surface area (Å²) in [6.07, 6.45) is 0. The molecule has 3 N–H and O–H groups in total. The van der Waals surface area contributed by atoms with Gasteiger partial charge >= 0.3 is 29.6 Å². The van der Waals surface area contributed by atoms with E-state index in [0.29, 0.717) is 0 Å². The van der Waals surface area contributed by atoms with Crippen molar-refractivity contribution in [2.24, 2.45) is 0 Å². The average Bonchev–Trinajstić information content (AvgIpc) is 2.17. The molecule has 92 valence electrons. The number of non-ortho nitro benzene ring substituents is 1. The van der Waals surface area contributed by atoms with E-state index in [1.54, 1.807) is 0 Å². The van der Waals surface area contributed by atoms with Crippen molar-refractivity contribution >= 4 is 45.4 Å². The molecule has 0 atom stereocenters. The molecule has 0 unspecified atom stereocenters. The normalized spacial score (nSPS) is 9.94. The summed E-state index contributed by atoms with van der Waals surface area (Å²) in [6, 6.07) is 5.05. The Morgan fingerprint density at radius 2 is 2.00 bits per heavy atom. The number of benzene rings is 1. The van der Waals surface area contributed by atoms with Gasteiger partial charge in [-0.2, -0.15) is 8.42 Å². The van der Waals surface area contributed by atoms with Gasteiger partial charge in [0, 0.05) is 12.1 Å². The van der Waals surface area contributed by atoms with Gasteiger partial charge in [-0.15, -0.1) is 4.33 Å². The molecule has 17 heavy (non-hydrogen) atoms. The van der Waals surface area contributed by atoms with Crippen molar-refractivity contribution in [3.63, 3.8) is 0 Å². The van der Waals surface area contributed by atoms with E-state index in [1.807, 2.05) is 0 Å². The molecule has 0 saturated carbocycles. The zero-order chi connectivity index (χ0) is 11.5. The second kappa shape index (κ2) is 7.71. The van der Waals surface area contributed by atoms with Crippen LogP contribution in [0.25, 0.3) is 0 Å². The SMILES string of the molecule is O.O=[N+]([O-])c1cccc(CS(=O)(=O)OO)c1.[NaH]. The van der Waals surface area contributed by atoms with Gasteiger partial charge < -0.3 is 5.48 Å². The van der Waals surface area contributed by atoms with Crippen LogP contribution in [0.5, 0.6) is 0 Å². The van der Waals surface area contributed by atoms with Crippen molar-refractivity contribution in [2.75, 3.05) is 0 Å². The van der Waals surface area contributed by atoms with Crippen LogP contribution in [-0.2, 0) is 20.2 Å². The second-order valence-corrected chi connectivity index (χ2v) is 4.26. The predicted octanol–water partition coefficient (Wildman–Crippen LogP) is -0.559. The Hall–Kier alpha value is -0.550. The van der Waals surface area contributed by atoms with E-state index in [-0.39, 0.29) is 46.3 Å². The van der Waals surface area contributed by atoms with Crippen molar-refractivity contribution in [1.82, 2.24) is 0 Å². The zero-order valence-corrected chi connectivity index (χ0v) is 8.68. The molecule has 1 aromatic carbocycles. The molecule has 0 radical (unpaired) electrons. The molecule has 0 bridgehead atoms. The quantitative estimate of drug-likeness (QED) is 0.338. The Bertz CT molecular complexity index is 475. The summed E-state index contributed by atoms with van der Waals surface area (Å²) in [5.74, 6) is -0.620. The maximum absolute atomic E-state index is 10.8. The second-order valence-electron chi connectivity index (χ2n) is 2.70. The van der Waals surface area contributed by atoms with Crippen LogP contribution in [0.15, 0.2) is 24.3 Å². The summed E-state index contributed by atoms with van der Waals surface area (Å²) >= 11 is 0. The minimum absolute atomic E-state index is 0. The van der Waals surface area contributed by atoms with Gasteiger partial charge in [-0.1, -0.05) is 12.1 Å². The van der Waals surface area contributed by atoms with Crippen molar-refractivity contribution < 1.29 is 28.4 Å². The van der Waals surface area contributed by atoms with E-state index >= 15 is 0 Å². The summed E-state index contributed by atoms with van der Waals surface area (Å²) in [7, 11) is -4.08. The molecule has 8 nitrogen and oxygen atoms in total. The van der Waals surface area contributed by atoms with E-state index in [1.165, 1.54) is 18.2 Å². The molecule has 0 heterocycles. The molecule has 0 saturated heterocycles. The fraction of sp³-hybridized carbons (Fsp3) is 0.143. The molecule has 0 aliphatic heterocycles. The van der Waals surface area contributed by atoms with Gasteiger partial charge in [-0.3, -0.25) is 10.1 Å². The molecule has 0 aromatic heterocycles. The molecular weight excluding hydrogens is 265 g/mol. The molecule has 0 aliphatic rings. The Kier molecular flexibility index (Phi) is 8.53. The first-order valence-electron chi connectivity index (χ1n) is 3.73. The molecule has 1 rings (SSSR count). The monoisotopic (exact) mass is 275 g/mol. The Morgan fingerprint density at radius 1 is 1.41 bits per heavy atom. The van der Waals surface area contributed by atoms with Gasteiger partial charge in [-0.05, 0) is 5.56 Å². The third-order valence-electron chi connectivity index (χ3n) is 1.58. The fourth-order valence-corrected chi connectivity index (χ4v) is 1.63. The third kappa shape index (κ3) is 6.07. The van der Waals surface area contributed by atoms with Gasteiger partial charge in [0.15, 0.2) is 0 Å². The van der Waals surface area contributed by atoms with Crippen LogP contribution in [0.2, 0.25) is 0 Å². The Balaban J connectivity index is 0. The summed E-state index contributed by atoms with van der Waals surface area (Å²) in [6.45, 7) is 0. The number of hydrogen-bond acceptors (Lipinski definition) is 6. The zero-order valence-electron chi connectivity index (χ0n) is 7.86. The van der Waals surface area contributed by atoms with E-state index in [2.05, 4.69) is 4.33 Å². The van der Waals surface area contributed by atoms with Crippen molar-refractivity contribution in [3.05, 3.63) is 39.9 Å². The number of nitro benzene ring substituents is 1. The van der Waals surface area contributed by atoms with E-state index in [0.717, 1.165) is 6.07 Å². The van der Waals surface area contributed by atoms with E-state index < -0.39 is 20.8 Å². The van der Waals surface area contributed by atoms with Crippen molar-refractivity contribution in [2.45, 2.75) is 5.75 Å². The number of hydrogen-bond donors (Lipinski definition) is 1. The summed E-state index contributed by atoms with van der Waals surface area (Å²) in [5.41, 5.74) is -0.0566. The van der Waals surface area contributed by atoms with E-state index in [9.17, 15) is 18.5 Å². The first-order chi connectivity index (χ1) is 6.94. The van der Waals surface area contributed by atoms with E-state index in [4.69, 9.17) is 5.26 Å². The number of nitro groups is 1.